The van der Waals surface area contributed by atoms with Crippen LogP contribution in [0.1, 0.15) is 19.8 Å². The van der Waals surface area contributed by atoms with Gasteiger partial charge in [0.25, 0.3) is 0 Å². The van der Waals surface area contributed by atoms with Gasteiger partial charge >= 0.3 is 0 Å². The van der Waals surface area contributed by atoms with E-state index in [0.717, 1.165) is 71.3 Å². The van der Waals surface area contributed by atoms with Gasteiger partial charge in [0.2, 0.25) is 0 Å². The smallest absolute Gasteiger partial charge is 0.193 e. The molecule has 0 aromatic heterocycles. The molecule has 5 nitrogen and oxygen atoms in total. The van der Waals surface area contributed by atoms with Crippen LogP contribution in [-0.2, 0) is 4.74 Å². The van der Waals surface area contributed by atoms with Crippen LogP contribution in [0, 0.1) is 0 Å². The van der Waals surface area contributed by atoms with Gasteiger partial charge in [-0.15, -0.1) is 30.6 Å². The van der Waals surface area contributed by atoms with Crippen LogP contribution in [-0.4, -0.2) is 75.3 Å². The van der Waals surface area contributed by atoms with Crippen molar-refractivity contribution in [3.8, 4) is 0 Å². The fourth-order valence-corrected chi connectivity index (χ4v) is 2.17. The first-order chi connectivity index (χ1) is 9.77. The van der Waals surface area contributed by atoms with E-state index in [0.29, 0.717) is 0 Å². The van der Waals surface area contributed by atoms with Gasteiger partial charge in [-0.25, -0.2) is 0 Å². The number of nitrogens with one attached hydrogen (secondary N) is 1. The van der Waals surface area contributed by atoms with Gasteiger partial charge in [-0.1, -0.05) is 6.08 Å². The van der Waals surface area contributed by atoms with E-state index in [1.54, 1.807) is 0 Å². The molecule has 0 radical (unpaired) electrons. The van der Waals surface area contributed by atoms with Crippen molar-refractivity contribution in [1.82, 2.24) is 15.1 Å². The number of hydrogen-bond acceptors (Lipinski definition) is 3. The van der Waals surface area contributed by atoms with Crippen molar-refractivity contribution in [2.45, 2.75) is 19.8 Å². The van der Waals surface area contributed by atoms with Crippen LogP contribution in [0.4, 0.5) is 0 Å². The van der Waals surface area contributed by atoms with E-state index in [1.165, 1.54) is 0 Å². The maximum Gasteiger partial charge on any atom is 0.193 e. The maximum atomic E-state index is 5.35. The highest BCUT2D eigenvalue weighted by molar-refractivity contribution is 14.0. The Morgan fingerprint density at radius 1 is 1.43 bits per heavy atom. The molecule has 1 aliphatic rings. The molecule has 0 unspecified atom stereocenters. The molecule has 6 heteroatoms. The van der Waals surface area contributed by atoms with Crippen LogP contribution >= 0.6 is 24.0 Å². The van der Waals surface area contributed by atoms with Gasteiger partial charge in [0.1, 0.15) is 0 Å². The molecule has 124 valence electrons. The second-order valence-electron chi connectivity index (χ2n) is 5.04. The summed E-state index contributed by atoms with van der Waals surface area (Å²) in [6.45, 7) is 13.4. The lowest BCUT2D eigenvalue weighted by atomic mass is 10.3. The molecule has 1 fully saturated rings. The minimum atomic E-state index is 0. The average molecular weight is 410 g/mol. The molecule has 1 aliphatic heterocycles. The van der Waals surface area contributed by atoms with E-state index in [2.05, 4.69) is 35.7 Å². The SMILES string of the molecule is C=CCCCN(C)C(=NCCN1CCOCC1)NCC.I. The number of halogens is 1. The normalized spacial score (nSPS) is 16.2. The van der Waals surface area contributed by atoms with Crippen molar-refractivity contribution in [3.63, 3.8) is 0 Å². The second-order valence-corrected chi connectivity index (χ2v) is 5.04. The van der Waals surface area contributed by atoms with Crippen molar-refractivity contribution >= 4 is 29.9 Å². The molecule has 0 spiro atoms. The highest BCUT2D eigenvalue weighted by atomic mass is 127. The summed E-state index contributed by atoms with van der Waals surface area (Å²) in [7, 11) is 2.10. The van der Waals surface area contributed by atoms with Crippen LogP contribution in [0.25, 0.3) is 0 Å². The minimum Gasteiger partial charge on any atom is -0.379 e. The summed E-state index contributed by atoms with van der Waals surface area (Å²) in [5.74, 6) is 1.00. The number of morpholine rings is 1. The molecule has 1 heterocycles. The highest BCUT2D eigenvalue weighted by Gasteiger charge is 2.10. The van der Waals surface area contributed by atoms with Gasteiger partial charge in [-0.2, -0.15) is 0 Å². The lowest BCUT2D eigenvalue weighted by Gasteiger charge is -2.26. The molecule has 1 saturated heterocycles. The highest BCUT2D eigenvalue weighted by Crippen LogP contribution is 1.97. The fourth-order valence-electron chi connectivity index (χ4n) is 2.17. The second kappa shape index (κ2) is 13.3. The summed E-state index contributed by atoms with van der Waals surface area (Å²) in [6, 6.07) is 0. The number of unbranched alkanes of at least 4 members (excludes halogenated alkanes) is 1. The van der Waals surface area contributed by atoms with E-state index in [-0.39, 0.29) is 24.0 Å². The van der Waals surface area contributed by atoms with Crippen molar-refractivity contribution < 1.29 is 4.74 Å². The Morgan fingerprint density at radius 2 is 2.14 bits per heavy atom. The van der Waals surface area contributed by atoms with Crippen LogP contribution in [0.15, 0.2) is 17.6 Å². The van der Waals surface area contributed by atoms with Gasteiger partial charge in [0.05, 0.1) is 19.8 Å². The number of guanidine groups is 1. The van der Waals surface area contributed by atoms with Crippen molar-refractivity contribution in [2.75, 3.05) is 59.5 Å². The zero-order chi connectivity index (χ0) is 14.6. The Morgan fingerprint density at radius 3 is 2.76 bits per heavy atom. The van der Waals surface area contributed by atoms with E-state index >= 15 is 0 Å². The molecular formula is C15H31IN4O. The number of rotatable bonds is 8. The van der Waals surface area contributed by atoms with Crippen molar-refractivity contribution in [2.24, 2.45) is 4.99 Å². The standard InChI is InChI=1S/C15H30N4O.HI/c1-4-6-7-9-18(3)15(16-5-2)17-8-10-19-11-13-20-14-12-19;/h4H,1,5-14H2,2-3H3,(H,16,17);1H. The number of nitrogens with zero attached hydrogens (tertiary/aromatic N) is 3. The van der Waals surface area contributed by atoms with Crippen LogP contribution < -0.4 is 5.32 Å². The first-order valence-electron chi connectivity index (χ1n) is 7.68. The predicted octanol–water partition coefficient (Wildman–Crippen LogP) is 1.80. The van der Waals surface area contributed by atoms with Gasteiger partial charge in [0, 0.05) is 39.8 Å². The quantitative estimate of drug-likeness (QED) is 0.218. The van der Waals surface area contributed by atoms with E-state index in [4.69, 9.17) is 9.73 Å². The molecule has 0 bridgehead atoms. The Bertz CT molecular complexity index is 293. The molecule has 0 atom stereocenters. The van der Waals surface area contributed by atoms with Gasteiger partial charge < -0.3 is 15.0 Å². The molecule has 0 aromatic rings. The third-order valence-corrected chi connectivity index (χ3v) is 3.38. The Labute approximate surface area is 146 Å². The van der Waals surface area contributed by atoms with E-state index < -0.39 is 0 Å². The summed E-state index contributed by atoms with van der Waals surface area (Å²) in [5.41, 5.74) is 0. The zero-order valence-electron chi connectivity index (χ0n) is 13.5. The van der Waals surface area contributed by atoms with Gasteiger partial charge in [0.15, 0.2) is 5.96 Å². The molecule has 0 saturated carbocycles. The summed E-state index contributed by atoms with van der Waals surface area (Å²) in [4.78, 5) is 9.32. The third-order valence-electron chi connectivity index (χ3n) is 3.38. The van der Waals surface area contributed by atoms with Crippen molar-refractivity contribution in [1.29, 1.82) is 0 Å². The number of allylic oxidation sites excluding steroid dienone is 1. The molecule has 0 aliphatic carbocycles. The summed E-state index contributed by atoms with van der Waals surface area (Å²) in [5, 5.41) is 3.35. The third kappa shape index (κ3) is 9.31. The Hall–Kier alpha value is -0.340. The molecule has 1 rings (SSSR count). The number of ether oxygens (including phenoxy) is 1. The first-order valence-corrected chi connectivity index (χ1v) is 7.68. The van der Waals surface area contributed by atoms with Crippen LogP contribution in [0.3, 0.4) is 0 Å². The fraction of sp³-hybridized carbons (Fsp3) is 0.800. The Kier molecular flexibility index (Phi) is 13.1. The average Bonchev–Trinajstić information content (AvgIpc) is 2.47. The first kappa shape index (κ1) is 20.7. The van der Waals surface area contributed by atoms with Crippen LogP contribution in [0.5, 0.6) is 0 Å². The van der Waals surface area contributed by atoms with Crippen molar-refractivity contribution in [3.05, 3.63) is 12.7 Å². The van der Waals surface area contributed by atoms with Crippen LogP contribution in [0.2, 0.25) is 0 Å². The number of aliphatic imine (C=N–C) groups is 1. The zero-order valence-corrected chi connectivity index (χ0v) is 15.8. The predicted molar refractivity (Wildman–Crippen MR) is 101 cm³/mol. The lowest BCUT2D eigenvalue weighted by molar-refractivity contribution is 0.0394. The molecule has 1 N–H and O–H groups in total. The van der Waals surface area contributed by atoms with E-state index in [1.807, 2.05) is 6.08 Å². The van der Waals surface area contributed by atoms with E-state index in [9.17, 15) is 0 Å². The molecular weight excluding hydrogens is 379 g/mol. The molecule has 21 heavy (non-hydrogen) atoms. The number of hydrogen-bond donors (Lipinski definition) is 1. The topological polar surface area (TPSA) is 40.1 Å². The maximum absolute atomic E-state index is 5.35. The largest absolute Gasteiger partial charge is 0.379 e. The summed E-state index contributed by atoms with van der Waals surface area (Å²) in [6.07, 6.45) is 4.14. The van der Waals surface area contributed by atoms with Gasteiger partial charge in [-0.3, -0.25) is 9.89 Å². The minimum absolute atomic E-state index is 0. The van der Waals surface area contributed by atoms with Gasteiger partial charge in [-0.05, 0) is 19.8 Å². The lowest BCUT2D eigenvalue weighted by Crippen LogP contribution is -2.41. The summed E-state index contributed by atoms with van der Waals surface area (Å²) < 4.78 is 5.35. The monoisotopic (exact) mass is 410 g/mol. The Balaban J connectivity index is 0.00000400. The molecule has 0 amide bonds. The molecule has 0 aromatic carbocycles. The summed E-state index contributed by atoms with van der Waals surface area (Å²) >= 11 is 0.